The Labute approximate surface area is 205 Å². The molecule has 0 bridgehead atoms. The van der Waals surface area contributed by atoms with Crippen LogP contribution in [0.4, 0.5) is 10.1 Å². The second-order valence-corrected chi connectivity index (χ2v) is 8.19. The lowest BCUT2D eigenvalue weighted by molar-refractivity contribution is 0.0696. The van der Waals surface area contributed by atoms with Gasteiger partial charge in [0, 0.05) is 37.8 Å². The molecule has 3 heterocycles. The summed E-state index contributed by atoms with van der Waals surface area (Å²) < 4.78 is 25.0. The number of ether oxygens (including phenoxy) is 1. The third-order valence-corrected chi connectivity index (χ3v) is 5.94. The van der Waals surface area contributed by atoms with Gasteiger partial charge in [-0.3, -0.25) is 9.59 Å². The summed E-state index contributed by atoms with van der Waals surface area (Å²) in [6, 6.07) is 16.5. The third kappa shape index (κ3) is 4.81. The van der Waals surface area contributed by atoms with Crippen LogP contribution in [0.5, 0.6) is 5.75 Å². The van der Waals surface area contributed by atoms with Gasteiger partial charge < -0.3 is 19.1 Å². The van der Waals surface area contributed by atoms with Crippen LogP contribution in [0.25, 0.3) is 11.3 Å². The molecule has 0 N–H and O–H groups in total. The van der Waals surface area contributed by atoms with Crippen molar-refractivity contribution in [3.8, 4) is 17.0 Å². The summed E-state index contributed by atoms with van der Waals surface area (Å²) >= 11 is 0. The van der Waals surface area contributed by atoms with Gasteiger partial charge in [0.25, 0.3) is 5.56 Å². The molecular weight excluding hydrogens is 467 g/mol. The fourth-order valence-corrected chi connectivity index (χ4v) is 4.05. The van der Waals surface area contributed by atoms with Crippen LogP contribution in [0.2, 0.25) is 0 Å². The molecule has 0 atom stereocenters. The summed E-state index contributed by atoms with van der Waals surface area (Å²) in [5.74, 6) is 0.0626. The quantitative estimate of drug-likeness (QED) is 0.406. The third-order valence-electron chi connectivity index (χ3n) is 5.94. The van der Waals surface area contributed by atoms with E-state index in [1.54, 1.807) is 30.2 Å². The number of nitrogens with zero attached hydrogens (tertiary/aromatic N) is 6. The number of hydrogen-bond acceptors (Lipinski definition) is 8. The molecule has 0 radical (unpaired) electrons. The highest BCUT2D eigenvalue weighted by atomic mass is 19.1. The minimum absolute atomic E-state index is 0.0772. The number of piperazine rings is 1. The number of amides is 1. The Morgan fingerprint density at radius 2 is 1.78 bits per heavy atom. The standard InChI is InChI=1S/C25H23FN6O4/c1-35-21-5-3-2-4-20(21)30-12-14-31(15-13-30)25(34)24-27-22(29-36-24)16-32-23(33)11-10-19(28-32)17-6-8-18(26)9-7-17/h2-11H,12-16H2,1H3. The maximum atomic E-state index is 13.2. The molecule has 0 spiro atoms. The largest absolute Gasteiger partial charge is 0.495 e. The second kappa shape index (κ2) is 9.98. The predicted molar refractivity (Wildman–Crippen MR) is 128 cm³/mol. The van der Waals surface area contributed by atoms with Crippen molar-refractivity contribution in [3.05, 3.63) is 88.5 Å². The van der Waals surface area contributed by atoms with Crippen LogP contribution >= 0.6 is 0 Å². The van der Waals surface area contributed by atoms with E-state index in [2.05, 4.69) is 20.1 Å². The first-order valence-electron chi connectivity index (χ1n) is 11.4. The van der Waals surface area contributed by atoms with Crippen LogP contribution in [0.15, 0.2) is 70.0 Å². The van der Waals surface area contributed by atoms with E-state index in [-0.39, 0.29) is 35.5 Å². The van der Waals surface area contributed by atoms with Crippen LogP contribution < -0.4 is 15.2 Å². The Hall–Kier alpha value is -4.54. The van der Waals surface area contributed by atoms with Gasteiger partial charge in [0.1, 0.15) is 18.1 Å². The number of anilines is 1. The van der Waals surface area contributed by atoms with Gasteiger partial charge in [-0.1, -0.05) is 17.3 Å². The van der Waals surface area contributed by atoms with Gasteiger partial charge in [-0.2, -0.15) is 10.1 Å². The average Bonchev–Trinajstić information content (AvgIpc) is 3.38. The first kappa shape index (κ1) is 23.2. The Bertz CT molecular complexity index is 1430. The number of para-hydroxylation sites is 2. The maximum absolute atomic E-state index is 13.2. The van der Waals surface area contributed by atoms with Crippen molar-refractivity contribution in [3.63, 3.8) is 0 Å². The van der Waals surface area contributed by atoms with E-state index >= 15 is 0 Å². The number of carbonyl (C=O) groups is 1. The lowest BCUT2D eigenvalue weighted by Gasteiger charge is -2.35. The normalized spacial score (nSPS) is 13.6. The topological polar surface area (TPSA) is 107 Å². The molecule has 2 aromatic carbocycles. The van der Waals surface area contributed by atoms with E-state index < -0.39 is 0 Å². The van der Waals surface area contributed by atoms with Gasteiger partial charge in [0.2, 0.25) is 0 Å². The van der Waals surface area contributed by atoms with Gasteiger partial charge in [-0.15, -0.1) is 0 Å². The zero-order valence-electron chi connectivity index (χ0n) is 19.5. The molecule has 1 aliphatic heterocycles. The van der Waals surface area contributed by atoms with Gasteiger partial charge >= 0.3 is 11.8 Å². The summed E-state index contributed by atoms with van der Waals surface area (Å²) in [7, 11) is 1.63. The number of carbonyl (C=O) groups excluding carboxylic acids is 1. The van der Waals surface area contributed by atoms with E-state index in [1.807, 2.05) is 24.3 Å². The van der Waals surface area contributed by atoms with Crippen molar-refractivity contribution in [2.45, 2.75) is 6.54 Å². The number of benzene rings is 2. The highest BCUT2D eigenvalue weighted by molar-refractivity contribution is 5.89. The van der Waals surface area contributed by atoms with E-state index in [1.165, 1.54) is 22.9 Å². The van der Waals surface area contributed by atoms with Crippen molar-refractivity contribution >= 4 is 11.6 Å². The Morgan fingerprint density at radius 3 is 2.53 bits per heavy atom. The fourth-order valence-electron chi connectivity index (χ4n) is 4.05. The van der Waals surface area contributed by atoms with Gasteiger partial charge in [-0.05, 0) is 42.5 Å². The van der Waals surface area contributed by atoms with Crippen molar-refractivity contribution in [2.75, 3.05) is 38.2 Å². The monoisotopic (exact) mass is 490 g/mol. The number of rotatable bonds is 6. The molecule has 184 valence electrons. The predicted octanol–water partition coefficient (Wildman–Crippen LogP) is 2.45. The number of hydrogen-bond donors (Lipinski definition) is 0. The van der Waals surface area contributed by atoms with Gasteiger partial charge in [0.15, 0.2) is 5.82 Å². The highest BCUT2D eigenvalue weighted by Crippen LogP contribution is 2.28. The van der Waals surface area contributed by atoms with E-state index in [4.69, 9.17) is 9.26 Å². The zero-order valence-corrected chi connectivity index (χ0v) is 19.5. The molecule has 1 amide bonds. The second-order valence-electron chi connectivity index (χ2n) is 8.19. The molecule has 2 aromatic heterocycles. The Morgan fingerprint density at radius 1 is 1.03 bits per heavy atom. The zero-order chi connectivity index (χ0) is 25.1. The Kier molecular flexibility index (Phi) is 6.44. The molecule has 1 fully saturated rings. The van der Waals surface area contributed by atoms with Gasteiger partial charge in [-0.25, -0.2) is 9.07 Å². The van der Waals surface area contributed by atoms with Crippen molar-refractivity contribution in [2.24, 2.45) is 0 Å². The van der Waals surface area contributed by atoms with Crippen molar-refractivity contribution in [1.82, 2.24) is 24.8 Å². The molecule has 0 saturated carbocycles. The number of aromatic nitrogens is 4. The molecule has 36 heavy (non-hydrogen) atoms. The average molecular weight is 490 g/mol. The van der Waals surface area contributed by atoms with Crippen molar-refractivity contribution < 1.29 is 18.4 Å². The van der Waals surface area contributed by atoms with E-state index in [0.717, 1.165) is 11.4 Å². The molecule has 0 unspecified atom stereocenters. The molecule has 1 saturated heterocycles. The van der Waals surface area contributed by atoms with Crippen LogP contribution in [-0.4, -0.2) is 64.0 Å². The summed E-state index contributed by atoms with van der Waals surface area (Å²) in [5, 5.41) is 8.17. The molecule has 11 heteroatoms. The smallest absolute Gasteiger partial charge is 0.316 e. The summed E-state index contributed by atoms with van der Waals surface area (Å²) in [5.41, 5.74) is 1.75. The highest BCUT2D eigenvalue weighted by Gasteiger charge is 2.27. The lowest BCUT2D eigenvalue weighted by atomic mass is 10.1. The molecule has 4 aromatic rings. The molecule has 5 rings (SSSR count). The maximum Gasteiger partial charge on any atom is 0.316 e. The summed E-state index contributed by atoms with van der Waals surface area (Å²) in [6.07, 6.45) is 0. The Balaban J connectivity index is 1.25. The molecular formula is C25H23FN6O4. The van der Waals surface area contributed by atoms with Gasteiger partial charge in [0.05, 0.1) is 18.5 Å². The van der Waals surface area contributed by atoms with Crippen LogP contribution in [-0.2, 0) is 6.54 Å². The van der Waals surface area contributed by atoms with Crippen LogP contribution in [0.3, 0.4) is 0 Å². The van der Waals surface area contributed by atoms with E-state index in [0.29, 0.717) is 37.4 Å². The fraction of sp³-hybridized carbons (Fsp3) is 0.240. The van der Waals surface area contributed by atoms with Crippen LogP contribution in [0.1, 0.15) is 16.5 Å². The summed E-state index contributed by atoms with van der Waals surface area (Å²) in [4.78, 5) is 33.2. The number of halogens is 1. The summed E-state index contributed by atoms with van der Waals surface area (Å²) in [6.45, 7) is 2.14. The molecule has 10 nitrogen and oxygen atoms in total. The minimum Gasteiger partial charge on any atom is -0.495 e. The SMILES string of the molecule is COc1ccccc1N1CCN(C(=O)c2nc(Cn3nc(-c4ccc(F)cc4)ccc3=O)no2)CC1. The van der Waals surface area contributed by atoms with Crippen molar-refractivity contribution in [1.29, 1.82) is 0 Å². The first-order chi connectivity index (χ1) is 17.5. The molecule has 1 aliphatic rings. The molecule has 0 aliphatic carbocycles. The van der Waals surface area contributed by atoms with Crippen LogP contribution in [0, 0.1) is 5.82 Å². The lowest BCUT2D eigenvalue weighted by Crippen LogP contribution is -2.49. The minimum atomic E-state index is -0.369. The first-order valence-corrected chi connectivity index (χ1v) is 11.4. The number of methoxy groups -OCH3 is 1. The van der Waals surface area contributed by atoms with E-state index in [9.17, 15) is 14.0 Å².